The number of aliphatic carboxylic acids is 1. The van der Waals surface area contributed by atoms with Crippen LogP contribution in [0.4, 0.5) is 4.79 Å². The van der Waals surface area contributed by atoms with Gasteiger partial charge in [-0.15, -0.1) is 6.58 Å². The maximum absolute atomic E-state index is 11.5. The molecule has 0 heterocycles. The van der Waals surface area contributed by atoms with Crippen molar-refractivity contribution in [2.24, 2.45) is 0 Å². The second-order valence-corrected chi connectivity index (χ2v) is 3.25. The maximum atomic E-state index is 11.5. The van der Waals surface area contributed by atoms with Crippen molar-refractivity contribution < 1.29 is 14.7 Å². The highest BCUT2D eigenvalue weighted by atomic mass is 16.4. The molecule has 86 valence electrons. The summed E-state index contributed by atoms with van der Waals surface area (Å²) in [6.45, 7) is 7.25. The number of carboxylic acids is 1. The molecular weight excluding hydrogens is 196 g/mol. The number of urea groups is 1. The van der Waals surface area contributed by atoms with Crippen molar-refractivity contribution in [3.05, 3.63) is 12.7 Å². The minimum atomic E-state index is -1.01. The second kappa shape index (κ2) is 6.86. The molecule has 2 N–H and O–H groups in total. The molecule has 2 amide bonds. The highest BCUT2D eigenvalue weighted by Gasteiger charge is 2.20. The first-order valence-electron chi connectivity index (χ1n) is 4.90. The van der Waals surface area contributed by atoms with Crippen LogP contribution in [0.3, 0.4) is 0 Å². The van der Waals surface area contributed by atoms with Gasteiger partial charge in [-0.25, -0.2) is 4.79 Å². The highest BCUT2D eigenvalue weighted by Crippen LogP contribution is 2.03. The summed E-state index contributed by atoms with van der Waals surface area (Å²) in [6.07, 6.45) is 2.27. The van der Waals surface area contributed by atoms with Gasteiger partial charge in [0, 0.05) is 12.6 Å². The Bertz CT molecular complexity index is 241. The molecule has 0 spiro atoms. The summed E-state index contributed by atoms with van der Waals surface area (Å²) >= 11 is 0. The summed E-state index contributed by atoms with van der Waals surface area (Å²) in [5.74, 6) is -1.01. The summed E-state index contributed by atoms with van der Waals surface area (Å²) in [7, 11) is 0. The van der Waals surface area contributed by atoms with E-state index in [1.165, 1.54) is 4.90 Å². The minimum absolute atomic E-state index is 0.0917. The SMILES string of the molecule is C=CCNC(=O)N(CC(=O)O)C(C)CC. The van der Waals surface area contributed by atoms with Crippen molar-refractivity contribution >= 4 is 12.0 Å². The average Bonchev–Trinajstić information content (AvgIpc) is 2.21. The molecule has 0 saturated heterocycles. The predicted octanol–water partition coefficient (Wildman–Crippen LogP) is 1.07. The predicted molar refractivity (Wildman–Crippen MR) is 57.7 cm³/mol. The Morgan fingerprint density at radius 3 is 2.60 bits per heavy atom. The third-order valence-corrected chi connectivity index (χ3v) is 2.09. The van der Waals surface area contributed by atoms with Crippen LogP contribution in [-0.2, 0) is 4.79 Å². The van der Waals surface area contributed by atoms with E-state index in [2.05, 4.69) is 11.9 Å². The van der Waals surface area contributed by atoms with Gasteiger partial charge in [-0.1, -0.05) is 13.0 Å². The summed E-state index contributed by atoms with van der Waals surface area (Å²) < 4.78 is 0. The Hall–Kier alpha value is -1.52. The molecule has 15 heavy (non-hydrogen) atoms. The van der Waals surface area contributed by atoms with E-state index in [-0.39, 0.29) is 18.6 Å². The van der Waals surface area contributed by atoms with Crippen LogP contribution in [0.1, 0.15) is 20.3 Å². The third kappa shape index (κ3) is 5.05. The van der Waals surface area contributed by atoms with E-state index in [1.807, 2.05) is 13.8 Å². The normalized spacial score (nSPS) is 11.6. The average molecular weight is 214 g/mol. The number of carbonyl (C=O) groups is 2. The van der Waals surface area contributed by atoms with Gasteiger partial charge in [-0.05, 0) is 13.3 Å². The number of nitrogens with one attached hydrogen (secondary N) is 1. The molecule has 0 aliphatic heterocycles. The molecule has 0 saturated carbocycles. The number of carbonyl (C=O) groups excluding carboxylic acids is 1. The Kier molecular flexibility index (Phi) is 6.17. The zero-order valence-corrected chi connectivity index (χ0v) is 9.19. The monoisotopic (exact) mass is 214 g/mol. The molecule has 0 aliphatic carbocycles. The van der Waals surface area contributed by atoms with E-state index in [0.717, 1.165) is 6.42 Å². The third-order valence-electron chi connectivity index (χ3n) is 2.09. The summed E-state index contributed by atoms with van der Waals surface area (Å²) in [4.78, 5) is 23.4. The van der Waals surface area contributed by atoms with E-state index in [1.54, 1.807) is 6.08 Å². The quantitative estimate of drug-likeness (QED) is 0.650. The Balaban J connectivity index is 4.39. The zero-order valence-electron chi connectivity index (χ0n) is 9.19. The number of hydrogen-bond acceptors (Lipinski definition) is 2. The molecule has 1 unspecified atom stereocenters. The van der Waals surface area contributed by atoms with Gasteiger partial charge in [0.25, 0.3) is 0 Å². The number of carboxylic acid groups (broad SMARTS) is 1. The first kappa shape index (κ1) is 13.5. The lowest BCUT2D eigenvalue weighted by molar-refractivity contribution is -0.138. The van der Waals surface area contributed by atoms with Gasteiger partial charge in [0.05, 0.1) is 0 Å². The van der Waals surface area contributed by atoms with Gasteiger partial charge in [0.2, 0.25) is 0 Å². The lowest BCUT2D eigenvalue weighted by Crippen LogP contribution is -2.47. The van der Waals surface area contributed by atoms with Crippen molar-refractivity contribution in [3.8, 4) is 0 Å². The highest BCUT2D eigenvalue weighted by molar-refractivity contribution is 5.80. The standard InChI is InChI=1S/C10H18N2O3/c1-4-6-11-10(15)12(7-9(13)14)8(3)5-2/h4,8H,1,5-7H2,2-3H3,(H,11,15)(H,13,14). The van der Waals surface area contributed by atoms with E-state index >= 15 is 0 Å². The first-order valence-corrected chi connectivity index (χ1v) is 4.90. The van der Waals surface area contributed by atoms with Crippen molar-refractivity contribution in [2.75, 3.05) is 13.1 Å². The van der Waals surface area contributed by atoms with Crippen LogP contribution in [0.5, 0.6) is 0 Å². The van der Waals surface area contributed by atoms with Gasteiger partial charge < -0.3 is 15.3 Å². The summed E-state index contributed by atoms with van der Waals surface area (Å²) in [6, 6.07) is -0.461. The van der Waals surface area contributed by atoms with E-state index in [4.69, 9.17) is 5.11 Å². The Morgan fingerprint density at radius 2 is 2.20 bits per heavy atom. The summed E-state index contributed by atoms with van der Waals surface area (Å²) in [5, 5.41) is 11.2. The molecule has 0 rings (SSSR count). The number of nitrogens with zero attached hydrogens (tertiary/aromatic N) is 1. The fraction of sp³-hybridized carbons (Fsp3) is 0.600. The van der Waals surface area contributed by atoms with E-state index in [9.17, 15) is 9.59 Å². The molecule has 5 nitrogen and oxygen atoms in total. The largest absolute Gasteiger partial charge is 0.480 e. The van der Waals surface area contributed by atoms with Crippen LogP contribution < -0.4 is 5.32 Å². The fourth-order valence-corrected chi connectivity index (χ4v) is 1.05. The van der Waals surface area contributed by atoms with Crippen LogP contribution in [0.2, 0.25) is 0 Å². The topological polar surface area (TPSA) is 69.6 Å². The van der Waals surface area contributed by atoms with E-state index in [0.29, 0.717) is 6.54 Å². The van der Waals surface area contributed by atoms with Gasteiger partial charge in [-0.2, -0.15) is 0 Å². The number of amides is 2. The lowest BCUT2D eigenvalue weighted by atomic mass is 10.2. The van der Waals surface area contributed by atoms with Gasteiger partial charge in [0.1, 0.15) is 6.54 Å². The van der Waals surface area contributed by atoms with Crippen molar-refractivity contribution in [1.82, 2.24) is 10.2 Å². The lowest BCUT2D eigenvalue weighted by Gasteiger charge is -2.26. The van der Waals surface area contributed by atoms with E-state index < -0.39 is 5.97 Å². The Labute approximate surface area is 89.8 Å². The fourth-order valence-electron chi connectivity index (χ4n) is 1.05. The molecule has 5 heteroatoms. The van der Waals surface area contributed by atoms with Crippen LogP contribution in [-0.4, -0.2) is 41.1 Å². The Morgan fingerprint density at radius 1 is 1.60 bits per heavy atom. The maximum Gasteiger partial charge on any atom is 0.323 e. The summed E-state index contributed by atoms with van der Waals surface area (Å²) in [5.41, 5.74) is 0. The second-order valence-electron chi connectivity index (χ2n) is 3.25. The molecule has 0 bridgehead atoms. The molecule has 0 aliphatic rings. The minimum Gasteiger partial charge on any atom is -0.480 e. The molecule has 0 fully saturated rings. The van der Waals surface area contributed by atoms with Crippen LogP contribution in [0.15, 0.2) is 12.7 Å². The molecule has 0 aromatic heterocycles. The van der Waals surface area contributed by atoms with Crippen LogP contribution in [0, 0.1) is 0 Å². The number of hydrogen-bond donors (Lipinski definition) is 2. The van der Waals surface area contributed by atoms with Crippen molar-refractivity contribution in [1.29, 1.82) is 0 Å². The van der Waals surface area contributed by atoms with Crippen molar-refractivity contribution in [3.63, 3.8) is 0 Å². The van der Waals surface area contributed by atoms with Gasteiger partial charge in [0.15, 0.2) is 0 Å². The molecule has 0 aromatic carbocycles. The smallest absolute Gasteiger partial charge is 0.323 e. The van der Waals surface area contributed by atoms with Gasteiger partial charge >= 0.3 is 12.0 Å². The van der Waals surface area contributed by atoms with Gasteiger partial charge in [-0.3, -0.25) is 4.79 Å². The van der Waals surface area contributed by atoms with Crippen molar-refractivity contribution in [2.45, 2.75) is 26.3 Å². The molecule has 0 radical (unpaired) electrons. The molecular formula is C10H18N2O3. The van der Waals surface area contributed by atoms with Crippen LogP contribution in [0.25, 0.3) is 0 Å². The number of rotatable bonds is 6. The first-order chi connectivity index (χ1) is 7.02. The molecule has 0 aromatic rings. The van der Waals surface area contributed by atoms with Crippen LogP contribution >= 0.6 is 0 Å². The zero-order chi connectivity index (χ0) is 11.8. The molecule has 1 atom stereocenters.